The van der Waals surface area contributed by atoms with Crippen LogP contribution in [-0.4, -0.2) is 33.9 Å². The molecule has 0 bridgehead atoms. The number of amides is 1. The van der Waals surface area contributed by atoms with Gasteiger partial charge in [0, 0.05) is 30.8 Å². The molecule has 6 heteroatoms. The Morgan fingerprint density at radius 2 is 2.04 bits per heavy atom. The van der Waals surface area contributed by atoms with Crippen molar-refractivity contribution < 1.29 is 4.79 Å². The van der Waals surface area contributed by atoms with Gasteiger partial charge >= 0.3 is 0 Å². The van der Waals surface area contributed by atoms with E-state index in [4.69, 9.17) is 0 Å². The van der Waals surface area contributed by atoms with Gasteiger partial charge in [0.25, 0.3) is 5.56 Å². The molecule has 2 aromatic rings. The molecule has 0 saturated carbocycles. The minimum absolute atomic E-state index is 0.0898. The Labute approximate surface area is 146 Å². The first-order valence-corrected chi connectivity index (χ1v) is 9.58. The number of nitrogens with zero attached hydrogens (tertiary/aromatic N) is 2. The average molecular weight is 347 g/mol. The van der Waals surface area contributed by atoms with E-state index in [0.29, 0.717) is 24.1 Å². The first kappa shape index (κ1) is 17.1. The van der Waals surface area contributed by atoms with Gasteiger partial charge in [0.05, 0.1) is 5.39 Å². The van der Waals surface area contributed by atoms with Crippen LogP contribution >= 0.6 is 11.3 Å². The molecule has 1 saturated heterocycles. The maximum atomic E-state index is 12.4. The number of hydrogen-bond acceptors (Lipinski definition) is 4. The van der Waals surface area contributed by atoms with Gasteiger partial charge in [-0.25, -0.2) is 4.98 Å². The number of thiophene rings is 1. The summed E-state index contributed by atoms with van der Waals surface area (Å²) in [7, 11) is 0. The summed E-state index contributed by atoms with van der Waals surface area (Å²) < 4.78 is 0. The minimum Gasteiger partial charge on any atom is -0.343 e. The quantitative estimate of drug-likeness (QED) is 0.924. The van der Waals surface area contributed by atoms with Crippen molar-refractivity contribution in [2.24, 2.45) is 5.92 Å². The van der Waals surface area contributed by atoms with E-state index >= 15 is 0 Å². The highest BCUT2D eigenvalue weighted by Crippen LogP contribution is 2.26. The van der Waals surface area contributed by atoms with Gasteiger partial charge in [-0.3, -0.25) is 9.59 Å². The summed E-state index contributed by atoms with van der Waals surface area (Å²) >= 11 is 1.55. The molecule has 1 aliphatic rings. The van der Waals surface area contributed by atoms with Gasteiger partial charge in [0.15, 0.2) is 0 Å². The molecular weight excluding hydrogens is 322 g/mol. The molecule has 1 fully saturated rings. The summed E-state index contributed by atoms with van der Waals surface area (Å²) in [6.45, 7) is 7.90. The molecule has 3 heterocycles. The lowest BCUT2D eigenvalue weighted by molar-refractivity contribution is -0.132. The molecule has 1 amide bonds. The molecule has 24 heavy (non-hydrogen) atoms. The molecule has 0 aliphatic carbocycles. The van der Waals surface area contributed by atoms with Crippen LogP contribution in [0.15, 0.2) is 4.79 Å². The summed E-state index contributed by atoms with van der Waals surface area (Å²) in [5.74, 6) is 1.55. The number of rotatable bonds is 4. The highest BCUT2D eigenvalue weighted by atomic mass is 32.1. The number of H-pyrrole nitrogens is 1. The van der Waals surface area contributed by atoms with Crippen molar-refractivity contribution in [3.05, 3.63) is 26.6 Å². The Kier molecular flexibility index (Phi) is 5.04. The maximum absolute atomic E-state index is 12.4. The first-order chi connectivity index (χ1) is 11.5. The molecule has 3 rings (SSSR count). The summed E-state index contributed by atoms with van der Waals surface area (Å²) in [5.41, 5.74) is 0.915. The van der Waals surface area contributed by atoms with Gasteiger partial charge in [-0.15, -0.1) is 11.3 Å². The maximum Gasteiger partial charge on any atom is 0.259 e. The number of carbonyl (C=O) groups excluding carboxylic acids is 1. The van der Waals surface area contributed by atoms with Crippen LogP contribution in [-0.2, 0) is 11.2 Å². The average Bonchev–Trinajstić information content (AvgIpc) is 2.87. The zero-order valence-electron chi connectivity index (χ0n) is 14.6. The van der Waals surface area contributed by atoms with E-state index in [2.05, 4.69) is 16.9 Å². The van der Waals surface area contributed by atoms with Crippen molar-refractivity contribution in [1.29, 1.82) is 0 Å². The van der Waals surface area contributed by atoms with Crippen molar-refractivity contribution in [2.45, 2.75) is 52.9 Å². The molecule has 0 aromatic carbocycles. The Hall–Kier alpha value is -1.69. The lowest BCUT2D eigenvalue weighted by Gasteiger charge is -2.31. The number of likely N-dealkylation sites (tertiary alicyclic amines) is 1. The number of fused-ring (bicyclic) bond motifs is 1. The lowest BCUT2D eigenvalue weighted by Crippen LogP contribution is -2.38. The van der Waals surface area contributed by atoms with Crippen LogP contribution in [0.3, 0.4) is 0 Å². The van der Waals surface area contributed by atoms with E-state index in [1.54, 1.807) is 11.3 Å². The Morgan fingerprint density at radius 1 is 1.33 bits per heavy atom. The van der Waals surface area contributed by atoms with Crippen molar-refractivity contribution in [1.82, 2.24) is 14.9 Å². The second-order valence-corrected chi connectivity index (χ2v) is 7.91. The van der Waals surface area contributed by atoms with E-state index < -0.39 is 0 Å². The SMILES string of the molecule is CCC1CCN(C(=O)CCc2nc3sc(C)c(C)c3c(=O)[nH]2)CC1. The van der Waals surface area contributed by atoms with Gasteiger partial charge in [-0.2, -0.15) is 0 Å². The van der Waals surface area contributed by atoms with Crippen LogP contribution in [0.25, 0.3) is 10.2 Å². The minimum atomic E-state index is -0.0898. The van der Waals surface area contributed by atoms with Crippen molar-refractivity contribution >= 4 is 27.5 Å². The molecule has 0 radical (unpaired) electrons. The first-order valence-electron chi connectivity index (χ1n) is 8.76. The molecular formula is C18H25N3O2S. The van der Waals surface area contributed by atoms with E-state index in [1.807, 2.05) is 18.7 Å². The molecule has 2 aromatic heterocycles. The third kappa shape index (κ3) is 3.38. The number of aryl methyl sites for hydroxylation is 3. The fourth-order valence-corrected chi connectivity index (χ4v) is 4.44. The van der Waals surface area contributed by atoms with Crippen LogP contribution in [0.2, 0.25) is 0 Å². The zero-order valence-corrected chi connectivity index (χ0v) is 15.5. The van der Waals surface area contributed by atoms with Gasteiger partial charge < -0.3 is 9.88 Å². The number of aromatic nitrogens is 2. The summed E-state index contributed by atoms with van der Waals surface area (Å²) in [6, 6.07) is 0. The van der Waals surface area contributed by atoms with Crippen LogP contribution in [0.4, 0.5) is 0 Å². The van der Waals surface area contributed by atoms with Crippen molar-refractivity contribution in [2.75, 3.05) is 13.1 Å². The number of piperidine rings is 1. The third-order valence-electron chi connectivity index (χ3n) is 5.21. The predicted molar refractivity (Wildman–Crippen MR) is 97.6 cm³/mol. The number of nitrogens with one attached hydrogen (secondary N) is 1. The van der Waals surface area contributed by atoms with Crippen LogP contribution in [0.5, 0.6) is 0 Å². The van der Waals surface area contributed by atoms with Gasteiger partial charge in [-0.05, 0) is 38.2 Å². The topological polar surface area (TPSA) is 66.1 Å². The zero-order chi connectivity index (χ0) is 17.3. The number of aromatic amines is 1. The second-order valence-electron chi connectivity index (χ2n) is 6.71. The van der Waals surface area contributed by atoms with Crippen LogP contribution in [0, 0.1) is 19.8 Å². The fraction of sp³-hybridized carbons (Fsp3) is 0.611. The summed E-state index contributed by atoms with van der Waals surface area (Å²) in [6.07, 6.45) is 4.32. The summed E-state index contributed by atoms with van der Waals surface area (Å²) in [5, 5.41) is 0.689. The van der Waals surface area contributed by atoms with E-state index in [0.717, 1.165) is 47.1 Å². The smallest absolute Gasteiger partial charge is 0.259 e. The standard InChI is InChI=1S/C18H25N3O2S/c1-4-13-7-9-21(10-8-13)15(22)6-5-14-19-17(23)16-11(2)12(3)24-18(16)20-14/h13H,4-10H2,1-3H3,(H,19,20,23). The second kappa shape index (κ2) is 7.05. The number of carbonyl (C=O) groups is 1. The normalized spacial score (nSPS) is 16.0. The van der Waals surface area contributed by atoms with E-state index in [1.165, 1.54) is 6.42 Å². The lowest BCUT2D eigenvalue weighted by atomic mass is 9.94. The van der Waals surface area contributed by atoms with Gasteiger partial charge in [0.2, 0.25) is 5.91 Å². The number of hydrogen-bond donors (Lipinski definition) is 1. The monoisotopic (exact) mass is 347 g/mol. The Morgan fingerprint density at radius 3 is 2.71 bits per heavy atom. The molecule has 0 unspecified atom stereocenters. The molecule has 0 spiro atoms. The Bertz CT molecular complexity index is 800. The van der Waals surface area contributed by atoms with Gasteiger partial charge in [0.1, 0.15) is 10.7 Å². The molecule has 1 aliphatic heterocycles. The largest absolute Gasteiger partial charge is 0.343 e. The Balaban J connectivity index is 1.65. The van der Waals surface area contributed by atoms with Crippen molar-refractivity contribution in [3.8, 4) is 0 Å². The summed E-state index contributed by atoms with van der Waals surface area (Å²) in [4.78, 5) is 35.9. The van der Waals surface area contributed by atoms with Crippen LogP contribution in [0.1, 0.15) is 48.9 Å². The van der Waals surface area contributed by atoms with E-state index in [-0.39, 0.29) is 11.5 Å². The molecule has 1 N–H and O–H groups in total. The fourth-order valence-electron chi connectivity index (χ4n) is 3.39. The van der Waals surface area contributed by atoms with Crippen LogP contribution < -0.4 is 5.56 Å². The molecule has 5 nitrogen and oxygen atoms in total. The highest BCUT2D eigenvalue weighted by Gasteiger charge is 2.21. The highest BCUT2D eigenvalue weighted by molar-refractivity contribution is 7.18. The van der Waals surface area contributed by atoms with E-state index in [9.17, 15) is 9.59 Å². The molecule has 0 atom stereocenters. The van der Waals surface area contributed by atoms with Gasteiger partial charge in [-0.1, -0.05) is 13.3 Å². The van der Waals surface area contributed by atoms with Crippen molar-refractivity contribution in [3.63, 3.8) is 0 Å². The molecule has 130 valence electrons. The predicted octanol–water partition coefficient (Wildman–Crippen LogP) is 3.18. The third-order valence-corrected chi connectivity index (χ3v) is 6.31.